The number of para-hydroxylation sites is 1. The van der Waals surface area contributed by atoms with Crippen LogP contribution in [0.3, 0.4) is 0 Å². The molecule has 2 fully saturated rings. The zero-order valence-electron chi connectivity index (χ0n) is 12.3. The summed E-state index contributed by atoms with van der Waals surface area (Å²) in [6, 6.07) is 13.1. The van der Waals surface area contributed by atoms with Gasteiger partial charge in [-0.2, -0.15) is 5.10 Å². The number of likely N-dealkylation sites (tertiary alicyclic amines) is 1. The molecule has 1 saturated heterocycles. The molecule has 2 heterocycles. The van der Waals surface area contributed by atoms with Crippen molar-refractivity contribution < 1.29 is 5.11 Å². The zero-order chi connectivity index (χ0) is 14.4. The summed E-state index contributed by atoms with van der Waals surface area (Å²) in [6.45, 7) is 2.94. The van der Waals surface area contributed by atoms with Crippen LogP contribution in [0.2, 0.25) is 0 Å². The minimum atomic E-state index is -0.797. The molecule has 1 aliphatic carbocycles. The third kappa shape index (κ3) is 2.19. The minimum absolute atomic E-state index is 0.432. The van der Waals surface area contributed by atoms with E-state index < -0.39 is 5.60 Å². The van der Waals surface area contributed by atoms with E-state index in [2.05, 4.69) is 16.9 Å². The lowest BCUT2D eigenvalue weighted by molar-refractivity contribution is 0.0384. The van der Waals surface area contributed by atoms with E-state index in [0.29, 0.717) is 12.1 Å². The molecule has 2 atom stereocenters. The molecular weight excluding hydrogens is 262 g/mol. The smallest absolute Gasteiger partial charge is 0.121 e. The molecule has 2 unspecified atom stereocenters. The third-order valence-corrected chi connectivity index (χ3v) is 4.78. The molecular formula is C17H21N3O. The Kier molecular flexibility index (Phi) is 2.91. The molecule has 0 spiro atoms. The van der Waals surface area contributed by atoms with E-state index in [4.69, 9.17) is 0 Å². The second kappa shape index (κ2) is 4.68. The van der Waals surface area contributed by atoms with E-state index in [1.54, 1.807) is 6.20 Å². The monoisotopic (exact) mass is 283 g/mol. The van der Waals surface area contributed by atoms with Crippen molar-refractivity contribution in [2.75, 3.05) is 6.54 Å². The fraction of sp³-hybridized carbons (Fsp3) is 0.471. The molecule has 1 aromatic heterocycles. The van der Waals surface area contributed by atoms with Crippen molar-refractivity contribution in [3.8, 4) is 5.69 Å². The highest BCUT2D eigenvalue weighted by atomic mass is 16.3. The number of nitrogens with zero attached hydrogens (tertiary/aromatic N) is 3. The van der Waals surface area contributed by atoms with Crippen LogP contribution in [0.4, 0.5) is 0 Å². The van der Waals surface area contributed by atoms with Gasteiger partial charge in [0.1, 0.15) is 5.60 Å². The van der Waals surface area contributed by atoms with E-state index in [-0.39, 0.29) is 0 Å². The van der Waals surface area contributed by atoms with Crippen LogP contribution in [-0.4, -0.2) is 38.4 Å². The number of hydrogen-bond acceptors (Lipinski definition) is 3. The number of hydrogen-bond donors (Lipinski definition) is 1. The number of aromatic nitrogens is 2. The first kappa shape index (κ1) is 13.0. The highest BCUT2D eigenvalue weighted by Gasteiger charge is 2.48. The molecule has 2 aromatic rings. The maximum absolute atomic E-state index is 11.2. The standard InChI is InChI=1S/C17H21N3O/c1-13-11-17(21,12-19(13)14-7-8-14)16-9-10-18-20(16)15-5-3-2-4-6-15/h2-6,9-10,13-14,21H,7-8,11-12H2,1H3. The largest absolute Gasteiger partial charge is 0.382 e. The molecule has 110 valence electrons. The Morgan fingerprint density at radius 3 is 2.67 bits per heavy atom. The maximum atomic E-state index is 11.2. The molecule has 0 amide bonds. The van der Waals surface area contributed by atoms with Crippen LogP contribution in [-0.2, 0) is 5.60 Å². The lowest BCUT2D eigenvalue weighted by Gasteiger charge is -2.24. The number of aliphatic hydroxyl groups is 1. The van der Waals surface area contributed by atoms with Crippen LogP contribution in [0.25, 0.3) is 5.69 Å². The van der Waals surface area contributed by atoms with Crippen LogP contribution in [0.15, 0.2) is 42.6 Å². The Balaban J connectivity index is 1.69. The summed E-state index contributed by atoms with van der Waals surface area (Å²) in [6.07, 6.45) is 5.11. The summed E-state index contributed by atoms with van der Waals surface area (Å²) < 4.78 is 1.88. The SMILES string of the molecule is CC1CC(O)(c2ccnn2-c2ccccc2)CN1C1CC1. The summed E-state index contributed by atoms with van der Waals surface area (Å²) in [5.74, 6) is 0. The Bertz CT molecular complexity index is 634. The van der Waals surface area contributed by atoms with Gasteiger partial charge in [-0.15, -0.1) is 0 Å². The van der Waals surface area contributed by atoms with Gasteiger partial charge in [-0.1, -0.05) is 18.2 Å². The lowest BCUT2D eigenvalue weighted by atomic mass is 9.96. The third-order valence-electron chi connectivity index (χ3n) is 4.78. The average Bonchev–Trinajstić information content (AvgIpc) is 3.11. The molecule has 21 heavy (non-hydrogen) atoms. The van der Waals surface area contributed by atoms with Gasteiger partial charge in [0.2, 0.25) is 0 Å². The fourth-order valence-electron chi connectivity index (χ4n) is 3.64. The number of β-amino-alcohol motifs (C(OH)–C–C–N with tert-alkyl or cyclic N) is 1. The molecule has 1 aromatic carbocycles. The van der Waals surface area contributed by atoms with Crippen LogP contribution in [0.1, 0.15) is 31.9 Å². The fourth-order valence-corrected chi connectivity index (χ4v) is 3.64. The highest BCUT2D eigenvalue weighted by molar-refractivity contribution is 5.34. The van der Waals surface area contributed by atoms with Gasteiger partial charge in [-0.3, -0.25) is 4.90 Å². The minimum Gasteiger partial charge on any atom is -0.382 e. The van der Waals surface area contributed by atoms with Crippen molar-refractivity contribution in [3.63, 3.8) is 0 Å². The molecule has 1 aliphatic heterocycles. The van der Waals surface area contributed by atoms with Gasteiger partial charge in [0.25, 0.3) is 0 Å². The molecule has 0 bridgehead atoms. The normalized spacial score (nSPS) is 29.9. The lowest BCUT2D eigenvalue weighted by Crippen LogP contribution is -2.34. The molecule has 1 N–H and O–H groups in total. The second-order valence-electron chi connectivity index (χ2n) is 6.45. The predicted octanol–water partition coefficient (Wildman–Crippen LogP) is 2.32. The zero-order valence-corrected chi connectivity index (χ0v) is 12.3. The first-order valence-corrected chi connectivity index (χ1v) is 7.75. The molecule has 4 nitrogen and oxygen atoms in total. The Labute approximate surface area is 125 Å². The van der Waals surface area contributed by atoms with Gasteiger partial charge in [0.05, 0.1) is 11.4 Å². The van der Waals surface area contributed by atoms with Crippen LogP contribution >= 0.6 is 0 Å². The van der Waals surface area contributed by atoms with Crippen LogP contribution < -0.4 is 0 Å². The summed E-state index contributed by atoms with van der Waals surface area (Å²) >= 11 is 0. The van der Waals surface area contributed by atoms with Gasteiger partial charge < -0.3 is 5.11 Å². The topological polar surface area (TPSA) is 41.3 Å². The van der Waals surface area contributed by atoms with Crippen molar-refractivity contribution >= 4 is 0 Å². The molecule has 0 radical (unpaired) electrons. The molecule has 4 rings (SSSR count). The van der Waals surface area contributed by atoms with Crippen molar-refractivity contribution in [2.24, 2.45) is 0 Å². The predicted molar refractivity (Wildman–Crippen MR) is 81.3 cm³/mol. The Morgan fingerprint density at radius 2 is 1.95 bits per heavy atom. The van der Waals surface area contributed by atoms with E-state index in [9.17, 15) is 5.11 Å². The Hall–Kier alpha value is -1.65. The second-order valence-corrected chi connectivity index (χ2v) is 6.45. The van der Waals surface area contributed by atoms with Crippen molar-refractivity contribution in [1.82, 2.24) is 14.7 Å². The highest BCUT2D eigenvalue weighted by Crippen LogP contribution is 2.42. The summed E-state index contributed by atoms with van der Waals surface area (Å²) in [5.41, 5.74) is 1.11. The average molecular weight is 283 g/mol. The first-order valence-electron chi connectivity index (χ1n) is 7.75. The molecule has 2 aliphatic rings. The van der Waals surface area contributed by atoms with Crippen LogP contribution in [0.5, 0.6) is 0 Å². The van der Waals surface area contributed by atoms with E-state index >= 15 is 0 Å². The van der Waals surface area contributed by atoms with Crippen molar-refractivity contribution in [1.29, 1.82) is 0 Å². The van der Waals surface area contributed by atoms with Crippen LogP contribution in [0, 0.1) is 0 Å². The summed E-state index contributed by atoms with van der Waals surface area (Å²) in [7, 11) is 0. The van der Waals surface area contributed by atoms with Gasteiger partial charge in [0, 0.05) is 24.8 Å². The van der Waals surface area contributed by atoms with Gasteiger partial charge in [0.15, 0.2) is 0 Å². The molecule has 1 saturated carbocycles. The van der Waals surface area contributed by atoms with E-state index in [1.165, 1.54) is 12.8 Å². The maximum Gasteiger partial charge on any atom is 0.121 e. The van der Waals surface area contributed by atoms with Crippen molar-refractivity contribution in [3.05, 3.63) is 48.3 Å². The first-order chi connectivity index (χ1) is 10.2. The van der Waals surface area contributed by atoms with Gasteiger partial charge in [-0.05, 0) is 44.4 Å². The van der Waals surface area contributed by atoms with E-state index in [1.807, 2.05) is 41.1 Å². The Morgan fingerprint density at radius 1 is 1.19 bits per heavy atom. The summed E-state index contributed by atoms with van der Waals surface area (Å²) in [4.78, 5) is 2.46. The van der Waals surface area contributed by atoms with Crippen molar-refractivity contribution in [2.45, 2.75) is 43.9 Å². The van der Waals surface area contributed by atoms with Gasteiger partial charge >= 0.3 is 0 Å². The number of benzene rings is 1. The number of rotatable bonds is 3. The summed E-state index contributed by atoms with van der Waals surface area (Å²) in [5, 5.41) is 15.6. The molecule has 4 heteroatoms. The quantitative estimate of drug-likeness (QED) is 0.940. The van der Waals surface area contributed by atoms with E-state index in [0.717, 1.165) is 24.3 Å². The van der Waals surface area contributed by atoms with Gasteiger partial charge in [-0.25, -0.2) is 4.68 Å².